The number of rotatable bonds is 7. The van der Waals surface area contributed by atoms with Crippen LogP contribution in [0.5, 0.6) is 11.5 Å². The zero-order valence-corrected chi connectivity index (χ0v) is 13.8. The zero-order chi connectivity index (χ0) is 17.5. The lowest BCUT2D eigenvalue weighted by Crippen LogP contribution is -2.29. The summed E-state index contributed by atoms with van der Waals surface area (Å²) in [5.74, 6) is -0.125. The number of methoxy groups -OCH3 is 1. The molecule has 2 rings (SSSR count). The van der Waals surface area contributed by atoms with E-state index in [2.05, 4.69) is 5.32 Å². The predicted molar refractivity (Wildman–Crippen MR) is 90.3 cm³/mol. The fourth-order valence-corrected chi connectivity index (χ4v) is 2.23. The lowest BCUT2D eigenvalue weighted by atomic mass is 10.2. The third-order valence-corrected chi connectivity index (χ3v) is 3.47. The van der Waals surface area contributed by atoms with Crippen molar-refractivity contribution < 1.29 is 19.1 Å². The fourth-order valence-electron chi connectivity index (χ4n) is 2.06. The molecule has 2 aromatic carbocycles. The summed E-state index contributed by atoms with van der Waals surface area (Å²) in [6, 6.07) is 11.8. The molecule has 0 aromatic heterocycles. The molecule has 0 aliphatic rings. The summed E-state index contributed by atoms with van der Waals surface area (Å²) in [5.41, 5.74) is 6.23. The molecule has 2 amide bonds. The number of hydrogen-bond donors (Lipinski definition) is 2. The molecule has 7 heteroatoms. The van der Waals surface area contributed by atoms with Gasteiger partial charge in [0.25, 0.3) is 11.8 Å². The standard InChI is InChI=1S/C17H17ClN2O4/c1-23-14-5-3-2-4-11(14)9-20-16(21)10-24-15-7-6-12(18)8-13(15)17(19)22/h2-8H,9-10H2,1H3,(H2,19,22)(H,20,21). The fraction of sp³-hybridized carbons (Fsp3) is 0.176. The molecule has 0 aliphatic heterocycles. The predicted octanol–water partition coefficient (Wildman–Crippen LogP) is 2.14. The number of nitrogens with two attached hydrogens (primary N) is 1. The summed E-state index contributed by atoms with van der Waals surface area (Å²) in [5, 5.41) is 3.08. The van der Waals surface area contributed by atoms with E-state index in [-0.39, 0.29) is 23.8 Å². The number of primary amides is 1. The Kier molecular flexibility index (Phi) is 6.03. The Morgan fingerprint density at radius 2 is 1.92 bits per heavy atom. The van der Waals surface area contributed by atoms with Gasteiger partial charge in [-0.1, -0.05) is 29.8 Å². The molecule has 2 aromatic rings. The second kappa shape index (κ2) is 8.21. The number of nitrogens with one attached hydrogen (secondary N) is 1. The van der Waals surface area contributed by atoms with Crippen LogP contribution in [0.1, 0.15) is 15.9 Å². The molecule has 0 aliphatic carbocycles. The summed E-state index contributed by atoms with van der Waals surface area (Å²) in [6.07, 6.45) is 0. The molecular weight excluding hydrogens is 332 g/mol. The molecule has 0 saturated carbocycles. The SMILES string of the molecule is COc1ccccc1CNC(=O)COc1ccc(Cl)cc1C(N)=O. The first-order valence-corrected chi connectivity index (χ1v) is 7.50. The van der Waals surface area contributed by atoms with Crippen molar-refractivity contribution in [1.82, 2.24) is 5.32 Å². The van der Waals surface area contributed by atoms with Crippen LogP contribution >= 0.6 is 11.6 Å². The van der Waals surface area contributed by atoms with E-state index < -0.39 is 5.91 Å². The molecule has 6 nitrogen and oxygen atoms in total. The molecule has 24 heavy (non-hydrogen) atoms. The van der Waals surface area contributed by atoms with E-state index in [1.54, 1.807) is 13.2 Å². The largest absolute Gasteiger partial charge is 0.496 e. The van der Waals surface area contributed by atoms with E-state index in [0.29, 0.717) is 17.3 Å². The first-order valence-electron chi connectivity index (χ1n) is 7.12. The van der Waals surface area contributed by atoms with Crippen LogP contribution in [0.3, 0.4) is 0 Å². The van der Waals surface area contributed by atoms with E-state index in [1.807, 2.05) is 24.3 Å². The van der Waals surface area contributed by atoms with Crippen molar-refractivity contribution >= 4 is 23.4 Å². The van der Waals surface area contributed by atoms with Gasteiger partial charge in [0.05, 0.1) is 12.7 Å². The summed E-state index contributed by atoms with van der Waals surface area (Å²) in [6.45, 7) is 0.0482. The summed E-state index contributed by atoms with van der Waals surface area (Å²) >= 11 is 5.82. The average molecular weight is 349 g/mol. The van der Waals surface area contributed by atoms with Gasteiger partial charge < -0.3 is 20.5 Å². The van der Waals surface area contributed by atoms with E-state index in [4.69, 9.17) is 26.8 Å². The molecule has 0 atom stereocenters. The van der Waals surface area contributed by atoms with Crippen LogP contribution in [0.2, 0.25) is 5.02 Å². The average Bonchev–Trinajstić information content (AvgIpc) is 2.58. The monoisotopic (exact) mass is 348 g/mol. The highest BCUT2D eigenvalue weighted by atomic mass is 35.5. The minimum Gasteiger partial charge on any atom is -0.496 e. The van der Waals surface area contributed by atoms with Crippen LogP contribution in [-0.4, -0.2) is 25.5 Å². The van der Waals surface area contributed by atoms with Gasteiger partial charge in [0, 0.05) is 17.1 Å². The topological polar surface area (TPSA) is 90.7 Å². The first-order chi connectivity index (χ1) is 11.5. The van der Waals surface area contributed by atoms with Gasteiger partial charge in [-0.05, 0) is 24.3 Å². The van der Waals surface area contributed by atoms with Crippen molar-refractivity contribution in [3.8, 4) is 11.5 Å². The molecule has 0 fully saturated rings. The Morgan fingerprint density at radius 1 is 1.17 bits per heavy atom. The maximum absolute atomic E-state index is 11.9. The number of para-hydroxylation sites is 1. The third-order valence-electron chi connectivity index (χ3n) is 3.23. The number of amides is 2. The van der Waals surface area contributed by atoms with Gasteiger partial charge in [0.2, 0.25) is 0 Å². The molecule has 0 bridgehead atoms. The number of benzene rings is 2. The number of hydrogen-bond acceptors (Lipinski definition) is 4. The van der Waals surface area contributed by atoms with Gasteiger partial charge in [0.15, 0.2) is 6.61 Å². The highest BCUT2D eigenvalue weighted by molar-refractivity contribution is 6.31. The molecule has 126 valence electrons. The number of carbonyl (C=O) groups excluding carboxylic acids is 2. The van der Waals surface area contributed by atoms with Crippen LogP contribution < -0.4 is 20.5 Å². The Bertz CT molecular complexity index is 749. The molecular formula is C17H17ClN2O4. The maximum atomic E-state index is 11.9. The highest BCUT2D eigenvalue weighted by Crippen LogP contribution is 2.22. The molecule has 0 heterocycles. The smallest absolute Gasteiger partial charge is 0.258 e. The maximum Gasteiger partial charge on any atom is 0.258 e. The first kappa shape index (κ1) is 17.6. The second-order valence-electron chi connectivity index (χ2n) is 4.88. The van der Waals surface area contributed by atoms with Crippen molar-refractivity contribution in [3.05, 3.63) is 58.6 Å². The minimum absolute atomic E-state index is 0.125. The van der Waals surface area contributed by atoms with Gasteiger partial charge >= 0.3 is 0 Å². The molecule has 0 spiro atoms. The number of carbonyl (C=O) groups is 2. The third kappa shape index (κ3) is 4.63. The lowest BCUT2D eigenvalue weighted by molar-refractivity contribution is -0.123. The van der Waals surface area contributed by atoms with Crippen LogP contribution in [0.15, 0.2) is 42.5 Å². The van der Waals surface area contributed by atoms with E-state index in [1.165, 1.54) is 12.1 Å². The van der Waals surface area contributed by atoms with Crippen molar-refractivity contribution in [3.63, 3.8) is 0 Å². The Morgan fingerprint density at radius 3 is 2.62 bits per heavy atom. The van der Waals surface area contributed by atoms with Gasteiger partial charge in [-0.3, -0.25) is 9.59 Å². The van der Waals surface area contributed by atoms with Crippen molar-refractivity contribution in [1.29, 1.82) is 0 Å². The van der Waals surface area contributed by atoms with E-state index in [9.17, 15) is 9.59 Å². The van der Waals surface area contributed by atoms with Gasteiger partial charge in [-0.15, -0.1) is 0 Å². The van der Waals surface area contributed by atoms with Crippen molar-refractivity contribution in [2.75, 3.05) is 13.7 Å². The Hall–Kier alpha value is -2.73. The Labute approximate surface area is 144 Å². The summed E-state index contributed by atoms with van der Waals surface area (Å²) < 4.78 is 10.6. The van der Waals surface area contributed by atoms with Crippen LogP contribution in [-0.2, 0) is 11.3 Å². The molecule has 0 saturated heterocycles. The van der Waals surface area contributed by atoms with E-state index in [0.717, 1.165) is 5.56 Å². The van der Waals surface area contributed by atoms with Gasteiger partial charge in [-0.2, -0.15) is 0 Å². The summed E-state index contributed by atoms with van der Waals surface area (Å²) in [7, 11) is 1.57. The zero-order valence-electron chi connectivity index (χ0n) is 13.0. The van der Waals surface area contributed by atoms with Crippen molar-refractivity contribution in [2.45, 2.75) is 6.54 Å². The molecule has 0 radical (unpaired) electrons. The lowest BCUT2D eigenvalue weighted by Gasteiger charge is -2.11. The second-order valence-corrected chi connectivity index (χ2v) is 5.32. The molecule has 3 N–H and O–H groups in total. The quantitative estimate of drug-likeness (QED) is 0.802. The van der Waals surface area contributed by atoms with Gasteiger partial charge in [0.1, 0.15) is 11.5 Å². The highest BCUT2D eigenvalue weighted by Gasteiger charge is 2.12. The van der Waals surface area contributed by atoms with E-state index >= 15 is 0 Å². The van der Waals surface area contributed by atoms with Crippen LogP contribution in [0, 0.1) is 0 Å². The van der Waals surface area contributed by atoms with Gasteiger partial charge in [-0.25, -0.2) is 0 Å². The summed E-state index contributed by atoms with van der Waals surface area (Å²) in [4.78, 5) is 23.3. The Balaban J connectivity index is 1.93. The number of ether oxygens (including phenoxy) is 2. The van der Waals surface area contributed by atoms with Crippen LogP contribution in [0.4, 0.5) is 0 Å². The normalized spacial score (nSPS) is 10.1. The van der Waals surface area contributed by atoms with Crippen LogP contribution in [0.25, 0.3) is 0 Å². The minimum atomic E-state index is -0.679. The van der Waals surface area contributed by atoms with Crippen molar-refractivity contribution in [2.24, 2.45) is 5.73 Å². The molecule has 0 unspecified atom stereocenters. The number of halogens is 1.